The molecule has 2 aliphatic rings. The van der Waals surface area contributed by atoms with E-state index in [0.717, 1.165) is 35.5 Å². The summed E-state index contributed by atoms with van der Waals surface area (Å²) in [5.74, 6) is 0.650. The van der Waals surface area contributed by atoms with Crippen molar-refractivity contribution in [2.24, 2.45) is 0 Å². The van der Waals surface area contributed by atoms with Crippen LogP contribution in [0.15, 0.2) is 35.9 Å². The highest BCUT2D eigenvalue weighted by Crippen LogP contribution is 2.22. The van der Waals surface area contributed by atoms with Crippen molar-refractivity contribution in [3.05, 3.63) is 58.3 Å². The normalized spacial score (nSPS) is 18.4. The molecule has 1 fully saturated rings. The highest BCUT2D eigenvalue weighted by molar-refractivity contribution is 7.92. The molecule has 0 N–H and O–H groups in total. The molecule has 1 saturated heterocycles. The zero-order valence-electron chi connectivity index (χ0n) is 15.9. The molecule has 0 bridgehead atoms. The minimum Gasteiger partial charge on any atom is -0.378 e. The van der Waals surface area contributed by atoms with Crippen LogP contribution >= 0.6 is 0 Å². The number of anilines is 1. The maximum Gasteiger partial charge on any atom is 0.236 e. The van der Waals surface area contributed by atoms with Gasteiger partial charge < -0.3 is 9.64 Å². The number of rotatable bonds is 4. The Hall–Kier alpha value is -2.29. The number of aryl methyl sites for hydroxylation is 1. The van der Waals surface area contributed by atoms with Crippen LogP contribution in [0.3, 0.4) is 0 Å². The smallest absolute Gasteiger partial charge is 0.236 e. The first-order valence-corrected chi connectivity index (χ1v) is 10.9. The van der Waals surface area contributed by atoms with Crippen LogP contribution in [0.1, 0.15) is 22.4 Å². The first-order chi connectivity index (χ1) is 13.5. The third-order valence-corrected chi connectivity index (χ3v) is 6.57. The third-order valence-electron chi connectivity index (χ3n) is 5.06. The summed E-state index contributed by atoms with van der Waals surface area (Å²) in [7, 11) is -3.51. The predicted molar refractivity (Wildman–Crippen MR) is 108 cm³/mol. The SMILES string of the molecule is Cc1ccc(C=CS(=O)(=O)N2CCc3cnc(N4CCOCC4)nc3C2)cc1. The lowest BCUT2D eigenvalue weighted by Crippen LogP contribution is -2.39. The Morgan fingerprint density at radius 1 is 1.11 bits per heavy atom. The molecule has 1 aromatic carbocycles. The lowest BCUT2D eigenvalue weighted by Gasteiger charge is -2.29. The number of morpholine rings is 1. The predicted octanol–water partition coefficient (Wildman–Crippen LogP) is 1.98. The van der Waals surface area contributed by atoms with Crippen LogP contribution < -0.4 is 4.90 Å². The van der Waals surface area contributed by atoms with E-state index < -0.39 is 10.0 Å². The summed E-state index contributed by atoms with van der Waals surface area (Å²) in [6.45, 7) is 5.53. The average Bonchev–Trinajstić information content (AvgIpc) is 2.73. The van der Waals surface area contributed by atoms with Crippen LogP contribution in [0.4, 0.5) is 5.95 Å². The topological polar surface area (TPSA) is 75.6 Å². The van der Waals surface area contributed by atoms with Crippen molar-refractivity contribution in [1.29, 1.82) is 0 Å². The number of nitrogens with zero attached hydrogens (tertiary/aromatic N) is 4. The molecule has 0 saturated carbocycles. The van der Waals surface area contributed by atoms with Crippen LogP contribution in [-0.2, 0) is 27.7 Å². The molecule has 0 amide bonds. The monoisotopic (exact) mass is 400 g/mol. The van der Waals surface area contributed by atoms with Crippen LogP contribution in [0, 0.1) is 6.92 Å². The molecule has 0 unspecified atom stereocenters. The molecule has 2 aromatic rings. The van der Waals surface area contributed by atoms with Crippen molar-refractivity contribution in [1.82, 2.24) is 14.3 Å². The highest BCUT2D eigenvalue weighted by atomic mass is 32.2. The number of benzene rings is 1. The molecule has 0 atom stereocenters. The minimum atomic E-state index is -3.51. The average molecular weight is 401 g/mol. The summed E-state index contributed by atoms with van der Waals surface area (Å²) >= 11 is 0. The van der Waals surface area contributed by atoms with E-state index in [2.05, 4.69) is 14.9 Å². The lowest BCUT2D eigenvalue weighted by atomic mass is 10.1. The molecule has 0 radical (unpaired) electrons. The first kappa shape index (κ1) is 19.0. The zero-order valence-corrected chi connectivity index (χ0v) is 16.7. The second-order valence-electron chi connectivity index (χ2n) is 7.08. The van der Waals surface area contributed by atoms with Gasteiger partial charge in [0.2, 0.25) is 16.0 Å². The van der Waals surface area contributed by atoms with Gasteiger partial charge in [-0.05, 0) is 30.5 Å². The Bertz CT molecular complexity index is 967. The van der Waals surface area contributed by atoms with Gasteiger partial charge in [-0.2, -0.15) is 4.31 Å². The van der Waals surface area contributed by atoms with E-state index in [1.807, 2.05) is 37.4 Å². The molecular weight excluding hydrogens is 376 g/mol. The summed E-state index contributed by atoms with van der Waals surface area (Å²) in [4.78, 5) is 11.2. The fourth-order valence-electron chi connectivity index (χ4n) is 3.33. The Morgan fingerprint density at radius 3 is 2.61 bits per heavy atom. The van der Waals surface area contributed by atoms with Gasteiger partial charge in [0.25, 0.3) is 0 Å². The maximum absolute atomic E-state index is 12.8. The number of sulfonamides is 1. The van der Waals surface area contributed by atoms with Crippen molar-refractivity contribution in [2.45, 2.75) is 19.9 Å². The van der Waals surface area contributed by atoms with Gasteiger partial charge in [0.1, 0.15) is 0 Å². The van der Waals surface area contributed by atoms with E-state index in [9.17, 15) is 8.42 Å². The molecular formula is C20H24N4O3S. The Labute approximate surface area is 165 Å². The lowest BCUT2D eigenvalue weighted by molar-refractivity contribution is 0.122. The molecule has 148 valence electrons. The van der Waals surface area contributed by atoms with Gasteiger partial charge in [0.05, 0.1) is 25.5 Å². The molecule has 0 spiro atoms. The molecule has 2 aliphatic heterocycles. The van der Waals surface area contributed by atoms with E-state index in [4.69, 9.17) is 4.74 Å². The molecule has 0 aliphatic carbocycles. The molecule has 4 rings (SSSR count). The number of hydrogen-bond acceptors (Lipinski definition) is 6. The van der Waals surface area contributed by atoms with E-state index in [1.54, 1.807) is 6.08 Å². The number of hydrogen-bond donors (Lipinski definition) is 0. The van der Waals surface area contributed by atoms with Crippen molar-refractivity contribution in [3.8, 4) is 0 Å². The fraction of sp³-hybridized carbons (Fsp3) is 0.400. The minimum absolute atomic E-state index is 0.274. The van der Waals surface area contributed by atoms with Gasteiger partial charge in [0, 0.05) is 31.2 Å². The van der Waals surface area contributed by atoms with Crippen LogP contribution in [0.25, 0.3) is 6.08 Å². The summed E-state index contributed by atoms with van der Waals surface area (Å²) < 4.78 is 32.4. The zero-order chi connectivity index (χ0) is 19.6. The van der Waals surface area contributed by atoms with Crippen molar-refractivity contribution >= 4 is 22.0 Å². The molecule has 7 nitrogen and oxygen atoms in total. The van der Waals surface area contributed by atoms with Crippen LogP contribution in [-0.4, -0.2) is 55.5 Å². The first-order valence-electron chi connectivity index (χ1n) is 9.44. The quantitative estimate of drug-likeness (QED) is 0.781. The Kier molecular flexibility index (Phi) is 5.43. The standard InChI is InChI=1S/C20H24N4O3S/c1-16-2-4-17(5-3-16)7-13-28(25,26)24-8-6-18-14-21-20(22-19(18)15-24)23-9-11-27-12-10-23/h2-5,7,13-14H,6,8-12,15H2,1H3. The van der Waals surface area contributed by atoms with Crippen molar-refractivity contribution in [2.75, 3.05) is 37.7 Å². The van der Waals surface area contributed by atoms with Gasteiger partial charge in [-0.25, -0.2) is 18.4 Å². The summed E-state index contributed by atoms with van der Waals surface area (Å²) in [5.41, 5.74) is 3.81. The van der Waals surface area contributed by atoms with E-state index in [-0.39, 0.29) is 6.54 Å². The third kappa shape index (κ3) is 4.24. The Morgan fingerprint density at radius 2 is 1.86 bits per heavy atom. The van der Waals surface area contributed by atoms with Gasteiger partial charge in [0.15, 0.2) is 0 Å². The molecule has 8 heteroatoms. The number of fused-ring (bicyclic) bond motifs is 1. The fourth-order valence-corrected chi connectivity index (χ4v) is 4.48. The second-order valence-corrected chi connectivity index (χ2v) is 8.90. The van der Waals surface area contributed by atoms with Gasteiger partial charge in [-0.3, -0.25) is 0 Å². The second kappa shape index (κ2) is 7.98. The van der Waals surface area contributed by atoms with Crippen LogP contribution in [0.2, 0.25) is 0 Å². The van der Waals surface area contributed by atoms with E-state index in [0.29, 0.717) is 32.1 Å². The molecule has 1 aromatic heterocycles. The van der Waals surface area contributed by atoms with Gasteiger partial charge in [-0.15, -0.1) is 0 Å². The van der Waals surface area contributed by atoms with E-state index >= 15 is 0 Å². The van der Waals surface area contributed by atoms with Gasteiger partial charge in [-0.1, -0.05) is 29.8 Å². The van der Waals surface area contributed by atoms with Crippen molar-refractivity contribution in [3.63, 3.8) is 0 Å². The summed E-state index contributed by atoms with van der Waals surface area (Å²) in [5, 5.41) is 1.28. The Balaban J connectivity index is 1.51. The van der Waals surface area contributed by atoms with Crippen LogP contribution in [0.5, 0.6) is 0 Å². The highest BCUT2D eigenvalue weighted by Gasteiger charge is 2.27. The number of ether oxygens (including phenoxy) is 1. The summed E-state index contributed by atoms with van der Waals surface area (Å²) in [6.07, 6.45) is 4.10. The van der Waals surface area contributed by atoms with Crippen molar-refractivity contribution < 1.29 is 13.2 Å². The maximum atomic E-state index is 12.8. The van der Waals surface area contributed by atoms with Gasteiger partial charge >= 0.3 is 0 Å². The molecule has 28 heavy (non-hydrogen) atoms. The largest absolute Gasteiger partial charge is 0.378 e. The number of aromatic nitrogens is 2. The molecule has 3 heterocycles. The summed E-state index contributed by atoms with van der Waals surface area (Å²) in [6, 6.07) is 7.75. The van der Waals surface area contributed by atoms with E-state index in [1.165, 1.54) is 9.71 Å².